The van der Waals surface area contributed by atoms with Crippen LogP contribution in [0.25, 0.3) is 0 Å². The van der Waals surface area contributed by atoms with Crippen LogP contribution in [0.2, 0.25) is 0 Å². The van der Waals surface area contributed by atoms with Crippen molar-refractivity contribution in [1.29, 1.82) is 0 Å². The fraction of sp³-hybridized carbons (Fsp3) is 1.00. The van der Waals surface area contributed by atoms with Crippen LogP contribution < -0.4 is 0 Å². The number of rotatable bonds is 16. The Bertz CT molecular complexity index is 333. The first-order valence-electron chi connectivity index (χ1n) is 7.64. The first-order chi connectivity index (χ1) is 10.5. The van der Waals surface area contributed by atoms with Crippen LogP contribution in [0.4, 0.5) is 0 Å². The molecule has 0 aliphatic carbocycles. The fourth-order valence-corrected chi connectivity index (χ4v) is 2.78. The highest BCUT2D eigenvalue weighted by Gasteiger charge is 2.12. The van der Waals surface area contributed by atoms with Crippen molar-refractivity contribution < 1.29 is 37.9 Å². The molecule has 0 radical (unpaired) electrons. The van der Waals surface area contributed by atoms with Gasteiger partial charge in [-0.25, -0.2) is 10.1 Å². The Kier molecular flexibility index (Phi) is 14.1. The van der Waals surface area contributed by atoms with Gasteiger partial charge in [-0.05, 0) is 34.4 Å². The van der Waals surface area contributed by atoms with Crippen molar-refractivity contribution in [1.82, 2.24) is 0 Å². The Hall–Kier alpha value is -0.290. The molecule has 0 aromatic rings. The quantitative estimate of drug-likeness (QED) is 0.197. The molecule has 0 aromatic carbocycles. The van der Waals surface area contributed by atoms with Gasteiger partial charge in [-0.3, -0.25) is 4.18 Å². The molecule has 0 rings (SSSR count). The third-order valence-electron chi connectivity index (χ3n) is 3.13. The van der Waals surface area contributed by atoms with E-state index in [-0.39, 0.29) is 6.10 Å². The van der Waals surface area contributed by atoms with Crippen molar-refractivity contribution in [3.63, 3.8) is 0 Å². The topological polar surface area (TPSA) is 101 Å². The summed E-state index contributed by atoms with van der Waals surface area (Å²) in [6.45, 7) is 2.30. The third-order valence-corrected chi connectivity index (χ3v) is 3.75. The summed E-state index contributed by atoms with van der Waals surface area (Å²) in [5, 5.41) is 18.6. The standard InChI is InChI=1S/C13H28O8S/c1-3-13(18-22(2,15)16)11-9-7-5-4-6-8-10-12-17-20-21-19-14/h13-14H,3-12H2,1-2H3. The van der Waals surface area contributed by atoms with Gasteiger partial charge in [0.05, 0.1) is 19.0 Å². The summed E-state index contributed by atoms with van der Waals surface area (Å²) < 4.78 is 27.1. The molecule has 9 heteroatoms. The van der Waals surface area contributed by atoms with Gasteiger partial charge in [0.2, 0.25) is 0 Å². The van der Waals surface area contributed by atoms with Gasteiger partial charge in [0, 0.05) is 0 Å². The lowest BCUT2D eigenvalue weighted by Gasteiger charge is -2.13. The van der Waals surface area contributed by atoms with Crippen LogP contribution in [0.15, 0.2) is 0 Å². The summed E-state index contributed by atoms with van der Waals surface area (Å²) in [5.74, 6) is 0. The maximum atomic E-state index is 11.1. The van der Waals surface area contributed by atoms with Crippen molar-refractivity contribution >= 4 is 10.1 Å². The average molecular weight is 344 g/mol. The molecule has 0 spiro atoms. The second kappa shape index (κ2) is 14.3. The van der Waals surface area contributed by atoms with Crippen LogP contribution in [0, 0.1) is 0 Å². The Morgan fingerprint density at radius 1 is 0.955 bits per heavy atom. The van der Waals surface area contributed by atoms with E-state index in [1.54, 1.807) is 0 Å². The first kappa shape index (κ1) is 21.7. The monoisotopic (exact) mass is 344 g/mol. The SMILES string of the molecule is CCC(CCCCCCCCCOOOOO)OS(C)(=O)=O. The van der Waals surface area contributed by atoms with E-state index in [0.29, 0.717) is 13.0 Å². The summed E-state index contributed by atoms with van der Waals surface area (Å²) in [6, 6.07) is 0. The molecule has 134 valence electrons. The van der Waals surface area contributed by atoms with Crippen LogP contribution in [-0.4, -0.2) is 32.6 Å². The molecule has 1 unspecified atom stereocenters. The average Bonchev–Trinajstić information content (AvgIpc) is 2.46. The van der Waals surface area contributed by atoms with Gasteiger partial charge in [-0.1, -0.05) is 45.4 Å². The van der Waals surface area contributed by atoms with E-state index in [0.717, 1.165) is 57.6 Å². The molecule has 8 nitrogen and oxygen atoms in total. The van der Waals surface area contributed by atoms with E-state index in [2.05, 4.69) is 20.0 Å². The maximum absolute atomic E-state index is 11.1. The molecule has 0 fully saturated rings. The van der Waals surface area contributed by atoms with E-state index in [4.69, 9.17) is 9.44 Å². The summed E-state index contributed by atoms with van der Waals surface area (Å²) >= 11 is 0. The molecule has 0 amide bonds. The third kappa shape index (κ3) is 16.1. The van der Waals surface area contributed by atoms with Crippen molar-refractivity contribution in [2.24, 2.45) is 0 Å². The largest absolute Gasteiger partial charge is 0.267 e. The van der Waals surface area contributed by atoms with Crippen LogP contribution in [0.3, 0.4) is 0 Å². The van der Waals surface area contributed by atoms with Gasteiger partial charge in [0.1, 0.15) is 0 Å². The van der Waals surface area contributed by atoms with Gasteiger partial charge >= 0.3 is 0 Å². The second-order valence-corrected chi connectivity index (χ2v) is 6.73. The predicted octanol–water partition coefficient (Wildman–Crippen LogP) is 3.15. The van der Waals surface area contributed by atoms with Crippen molar-refractivity contribution in [3.05, 3.63) is 0 Å². The number of hydrogen-bond donors (Lipinski definition) is 1. The highest BCUT2D eigenvalue weighted by Crippen LogP contribution is 2.14. The summed E-state index contributed by atoms with van der Waals surface area (Å²) in [5.41, 5.74) is 0. The Labute approximate surface area is 132 Å². The molecule has 1 N–H and O–H groups in total. The maximum Gasteiger partial charge on any atom is 0.264 e. The van der Waals surface area contributed by atoms with E-state index in [9.17, 15) is 8.42 Å². The summed E-state index contributed by atoms with van der Waals surface area (Å²) in [4.78, 5) is 4.53. The summed E-state index contributed by atoms with van der Waals surface area (Å²) in [6.07, 6.45) is 9.61. The lowest BCUT2D eigenvalue weighted by molar-refractivity contribution is -0.702. The molecule has 0 heterocycles. The highest BCUT2D eigenvalue weighted by molar-refractivity contribution is 7.86. The van der Waals surface area contributed by atoms with Crippen LogP contribution in [-0.2, 0) is 34.3 Å². The van der Waals surface area contributed by atoms with Gasteiger partial charge < -0.3 is 0 Å². The first-order valence-corrected chi connectivity index (χ1v) is 9.46. The molecule has 22 heavy (non-hydrogen) atoms. The molecular formula is C13H28O8S. The Morgan fingerprint density at radius 2 is 1.55 bits per heavy atom. The van der Waals surface area contributed by atoms with E-state index >= 15 is 0 Å². The zero-order valence-electron chi connectivity index (χ0n) is 13.4. The lowest BCUT2D eigenvalue weighted by atomic mass is 10.1. The normalized spacial score (nSPS) is 13.4. The van der Waals surface area contributed by atoms with E-state index < -0.39 is 10.1 Å². The van der Waals surface area contributed by atoms with Crippen molar-refractivity contribution in [2.75, 3.05) is 12.9 Å². The fourth-order valence-electron chi connectivity index (χ4n) is 2.05. The Balaban J connectivity index is 3.32. The molecule has 0 aliphatic heterocycles. The van der Waals surface area contributed by atoms with Gasteiger partial charge in [0.25, 0.3) is 10.1 Å². The molecule has 0 aliphatic rings. The minimum Gasteiger partial charge on any atom is -0.267 e. The minimum atomic E-state index is -3.35. The second-order valence-electron chi connectivity index (χ2n) is 5.13. The smallest absolute Gasteiger partial charge is 0.264 e. The summed E-state index contributed by atoms with van der Waals surface area (Å²) in [7, 11) is -3.35. The van der Waals surface area contributed by atoms with Crippen molar-refractivity contribution in [3.8, 4) is 0 Å². The van der Waals surface area contributed by atoms with E-state index in [1.165, 1.54) is 0 Å². The van der Waals surface area contributed by atoms with Gasteiger partial charge in [-0.2, -0.15) is 8.42 Å². The molecule has 0 bridgehead atoms. The number of unbranched alkanes of at least 4 members (excludes halogenated alkanes) is 6. The van der Waals surface area contributed by atoms with E-state index in [1.807, 2.05) is 6.92 Å². The van der Waals surface area contributed by atoms with Gasteiger partial charge in [0.15, 0.2) is 0 Å². The molecule has 0 saturated heterocycles. The van der Waals surface area contributed by atoms with Crippen LogP contribution in [0.1, 0.15) is 64.7 Å². The van der Waals surface area contributed by atoms with Crippen LogP contribution in [0.5, 0.6) is 0 Å². The molecular weight excluding hydrogens is 316 g/mol. The zero-order chi connectivity index (χ0) is 16.7. The lowest BCUT2D eigenvalue weighted by Crippen LogP contribution is -2.16. The zero-order valence-corrected chi connectivity index (χ0v) is 14.2. The minimum absolute atomic E-state index is 0.197. The predicted molar refractivity (Wildman–Crippen MR) is 78.8 cm³/mol. The van der Waals surface area contributed by atoms with Crippen molar-refractivity contribution in [2.45, 2.75) is 70.8 Å². The number of hydrogen-bond acceptors (Lipinski definition) is 8. The molecule has 1 atom stereocenters. The van der Waals surface area contributed by atoms with Gasteiger partial charge in [-0.15, -0.1) is 0 Å². The molecule has 0 aromatic heterocycles. The highest BCUT2D eigenvalue weighted by atomic mass is 32.2. The van der Waals surface area contributed by atoms with Crippen LogP contribution >= 0.6 is 0 Å². The molecule has 0 saturated carbocycles. The Morgan fingerprint density at radius 3 is 2.09 bits per heavy atom.